The fourth-order valence-corrected chi connectivity index (χ4v) is 2.01. The number of hydrogen-bond acceptors (Lipinski definition) is 2. The van der Waals surface area contributed by atoms with Gasteiger partial charge in [0.1, 0.15) is 0 Å². The normalized spacial score (nSPS) is 10.8. The van der Waals surface area contributed by atoms with Gasteiger partial charge in [0.2, 0.25) is 0 Å². The fraction of sp³-hybridized carbons (Fsp3) is 0.385. The first-order valence-electron chi connectivity index (χ1n) is 5.24. The average molecular weight is 285 g/mol. The van der Waals surface area contributed by atoms with Crippen LogP contribution in [0, 0.1) is 0 Å². The number of hydrogen-bond donors (Lipinski definition) is 0. The monoisotopic (exact) mass is 284 g/mol. The molecular formula is C13H17BrO2. The van der Waals surface area contributed by atoms with Gasteiger partial charge in [0.05, 0.1) is 14.2 Å². The van der Waals surface area contributed by atoms with Gasteiger partial charge in [0.15, 0.2) is 11.5 Å². The predicted octanol–water partition coefficient (Wildman–Crippen LogP) is 3.98. The van der Waals surface area contributed by atoms with Crippen LogP contribution in [-0.4, -0.2) is 14.2 Å². The van der Waals surface area contributed by atoms with Gasteiger partial charge >= 0.3 is 0 Å². The van der Waals surface area contributed by atoms with E-state index in [0.717, 1.165) is 28.8 Å². The molecule has 88 valence electrons. The second-order valence-electron chi connectivity index (χ2n) is 3.41. The largest absolute Gasteiger partial charge is 0.493 e. The van der Waals surface area contributed by atoms with E-state index in [-0.39, 0.29) is 0 Å². The highest BCUT2D eigenvalue weighted by atomic mass is 79.9. The van der Waals surface area contributed by atoms with Gasteiger partial charge in [-0.2, -0.15) is 0 Å². The first kappa shape index (κ1) is 13.1. The van der Waals surface area contributed by atoms with Gasteiger partial charge in [-0.15, -0.1) is 0 Å². The van der Waals surface area contributed by atoms with Gasteiger partial charge < -0.3 is 9.47 Å². The van der Waals surface area contributed by atoms with Crippen molar-refractivity contribution in [3.05, 3.63) is 34.3 Å². The molecule has 0 aliphatic heterocycles. The highest BCUT2D eigenvalue weighted by Crippen LogP contribution is 2.33. The number of allylic oxidation sites excluding steroid dienone is 2. The lowest BCUT2D eigenvalue weighted by atomic mass is 10.1. The number of halogens is 1. The van der Waals surface area contributed by atoms with Crippen molar-refractivity contribution < 1.29 is 9.47 Å². The third-order valence-electron chi connectivity index (χ3n) is 2.37. The lowest BCUT2D eigenvalue weighted by Crippen LogP contribution is -1.94. The summed E-state index contributed by atoms with van der Waals surface area (Å²) in [6.07, 6.45) is 6.24. The Morgan fingerprint density at radius 1 is 1.19 bits per heavy atom. The molecule has 0 aliphatic carbocycles. The fourth-order valence-electron chi connectivity index (χ4n) is 1.49. The predicted molar refractivity (Wildman–Crippen MR) is 70.4 cm³/mol. The van der Waals surface area contributed by atoms with E-state index in [1.165, 1.54) is 5.56 Å². The van der Waals surface area contributed by atoms with E-state index in [4.69, 9.17) is 9.47 Å². The van der Waals surface area contributed by atoms with Crippen molar-refractivity contribution in [1.29, 1.82) is 0 Å². The summed E-state index contributed by atoms with van der Waals surface area (Å²) in [7, 11) is 3.30. The van der Waals surface area contributed by atoms with Crippen molar-refractivity contribution in [2.24, 2.45) is 0 Å². The minimum absolute atomic E-state index is 0.754. The molecule has 0 atom stereocenters. The van der Waals surface area contributed by atoms with Crippen LogP contribution in [0.2, 0.25) is 0 Å². The number of ether oxygens (including phenoxy) is 2. The zero-order chi connectivity index (χ0) is 12.0. The first-order valence-corrected chi connectivity index (χ1v) is 6.03. The zero-order valence-electron chi connectivity index (χ0n) is 9.92. The van der Waals surface area contributed by atoms with Crippen LogP contribution in [-0.2, 0) is 6.42 Å². The van der Waals surface area contributed by atoms with Crippen LogP contribution >= 0.6 is 15.9 Å². The second kappa shape index (κ2) is 6.59. The molecule has 0 aromatic heterocycles. The minimum Gasteiger partial charge on any atom is -0.493 e. The van der Waals surface area contributed by atoms with E-state index in [2.05, 4.69) is 28.1 Å². The molecule has 0 radical (unpaired) electrons. The Hall–Kier alpha value is -0.960. The van der Waals surface area contributed by atoms with Gasteiger partial charge in [-0.1, -0.05) is 28.1 Å². The van der Waals surface area contributed by atoms with Crippen LogP contribution in [0.25, 0.3) is 0 Å². The molecule has 0 bridgehead atoms. The highest BCUT2D eigenvalue weighted by Gasteiger charge is 2.08. The third kappa shape index (κ3) is 3.27. The van der Waals surface area contributed by atoms with Gasteiger partial charge in [-0.25, -0.2) is 0 Å². The Kier molecular flexibility index (Phi) is 5.39. The number of aryl methyl sites for hydroxylation is 1. The molecule has 0 spiro atoms. The van der Waals surface area contributed by atoms with Crippen LogP contribution in [0.5, 0.6) is 11.5 Å². The van der Waals surface area contributed by atoms with Crippen LogP contribution in [0.4, 0.5) is 0 Å². The van der Waals surface area contributed by atoms with Crippen LogP contribution in [0.15, 0.2) is 28.8 Å². The number of benzene rings is 1. The summed E-state index contributed by atoms with van der Waals surface area (Å²) in [5.74, 6) is 1.53. The van der Waals surface area contributed by atoms with E-state index in [9.17, 15) is 0 Å². The summed E-state index contributed by atoms with van der Waals surface area (Å²) in [5.41, 5.74) is 1.23. The summed E-state index contributed by atoms with van der Waals surface area (Å²) >= 11 is 3.54. The molecule has 1 rings (SSSR count). The van der Waals surface area contributed by atoms with Gasteiger partial charge in [0, 0.05) is 4.47 Å². The molecule has 0 unspecified atom stereocenters. The Balaban J connectivity index is 2.92. The van der Waals surface area contributed by atoms with Crippen LogP contribution < -0.4 is 9.47 Å². The first-order chi connectivity index (χ1) is 7.72. The summed E-state index contributed by atoms with van der Waals surface area (Å²) in [6.45, 7) is 2.03. The maximum absolute atomic E-state index is 5.27. The molecule has 0 aliphatic rings. The smallest absolute Gasteiger partial charge is 0.161 e. The van der Waals surface area contributed by atoms with Gasteiger partial charge in [-0.05, 0) is 37.5 Å². The molecule has 1 aromatic rings. The third-order valence-corrected chi connectivity index (χ3v) is 3.11. The molecule has 16 heavy (non-hydrogen) atoms. The van der Waals surface area contributed by atoms with Crippen molar-refractivity contribution in [3.8, 4) is 11.5 Å². The highest BCUT2D eigenvalue weighted by molar-refractivity contribution is 9.10. The molecule has 1 aromatic carbocycles. The lowest BCUT2D eigenvalue weighted by molar-refractivity contribution is 0.354. The van der Waals surface area contributed by atoms with Crippen molar-refractivity contribution in [3.63, 3.8) is 0 Å². The Labute approximate surface area is 105 Å². The van der Waals surface area contributed by atoms with Crippen molar-refractivity contribution in [2.75, 3.05) is 14.2 Å². The lowest BCUT2D eigenvalue weighted by Gasteiger charge is -2.11. The molecule has 0 saturated heterocycles. The average Bonchev–Trinajstić information content (AvgIpc) is 2.31. The molecule has 0 amide bonds. The Morgan fingerprint density at radius 2 is 1.81 bits per heavy atom. The van der Waals surface area contributed by atoms with E-state index in [1.807, 2.05) is 19.1 Å². The van der Waals surface area contributed by atoms with Gasteiger partial charge in [-0.3, -0.25) is 0 Å². The molecule has 0 fully saturated rings. The van der Waals surface area contributed by atoms with E-state index in [1.54, 1.807) is 14.2 Å². The molecule has 0 N–H and O–H groups in total. The van der Waals surface area contributed by atoms with E-state index >= 15 is 0 Å². The van der Waals surface area contributed by atoms with Crippen LogP contribution in [0.1, 0.15) is 18.9 Å². The molecule has 0 saturated carbocycles. The summed E-state index contributed by atoms with van der Waals surface area (Å²) in [5, 5.41) is 0. The maximum Gasteiger partial charge on any atom is 0.161 e. The summed E-state index contributed by atoms with van der Waals surface area (Å²) < 4.78 is 11.6. The standard InChI is InChI=1S/C13H17BrO2/c1-4-5-6-7-10-8-12(15-2)13(16-3)9-11(10)14/h4-5,8-9H,6-7H2,1-3H3/b5-4-. The van der Waals surface area contributed by atoms with Crippen molar-refractivity contribution in [1.82, 2.24) is 0 Å². The molecular weight excluding hydrogens is 268 g/mol. The Morgan fingerprint density at radius 3 is 2.38 bits per heavy atom. The van der Waals surface area contributed by atoms with E-state index in [0.29, 0.717) is 0 Å². The van der Waals surface area contributed by atoms with E-state index < -0.39 is 0 Å². The summed E-state index contributed by atoms with van der Waals surface area (Å²) in [4.78, 5) is 0. The number of rotatable bonds is 5. The second-order valence-corrected chi connectivity index (χ2v) is 4.26. The molecule has 0 heterocycles. The quantitative estimate of drug-likeness (QED) is 0.762. The van der Waals surface area contributed by atoms with Gasteiger partial charge in [0.25, 0.3) is 0 Å². The van der Waals surface area contributed by atoms with Crippen molar-refractivity contribution in [2.45, 2.75) is 19.8 Å². The Bertz CT molecular complexity index is 372. The van der Waals surface area contributed by atoms with Crippen LogP contribution in [0.3, 0.4) is 0 Å². The molecule has 3 heteroatoms. The summed E-state index contributed by atoms with van der Waals surface area (Å²) in [6, 6.07) is 3.97. The molecule has 2 nitrogen and oxygen atoms in total. The zero-order valence-corrected chi connectivity index (χ0v) is 11.5. The SMILES string of the molecule is C/C=C\CCc1cc(OC)c(OC)cc1Br. The van der Waals surface area contributed by atoms with Crippen molar-refractivity contribution >= 4 is 15.9 Å². The number of methoxy groups -OCH3 is 2. The maximum atomic E-state index is 5.27. The topological polar surface area (TPSA) is 18.5 Å². The minimum atomic E-state index is 0.754.